The van der Waals surface area contributed by atoms with Gasteiger partial charge in [-0.05, 0) is 42.7 Å². The Morgan fingerprint density at radius 3 is 1.96 bits per heavy atom. The molecule has 3 aromatic carbocycles. The molecule has 1 heterocycles. The molecule has 76 heavy (non-hydrogen) atoms. The van der Waals surface area contributed by atoms with Crippen LogP contribution in [0, 0.1) is 16.7 Å². The first kappa shape index (κ1) is 57.4. The minimum Gasteiger partial charge on any atom is -0.462 e. The highest BCUT2D eigenvalue weighted by molar-refractivity contribution is 8.76. The number of ether oxygens (including phenoxy) is 8. The molecule has 2 N–H and O–H groups in total. The first-order chi connectivity index (χ1) is 36.1. The summed E-state index contributed by atoms with van der Waals surface area (Å²) in [5.74, 6) is -7.97. The zero-order valence-electron chi connectivity index (χ0n) is 43.0. The summed E-state index contributed by atoms with van der Waals surface area (Å²) in [6.45, 7) is 11.1. The van der Waals surface area contributed by atoms with E-state index in [0.29, 0.717) is 16.9 Å². The minimum absolute atomic E-state index is 0.0200. The van der Waals surface area contributed by atoms with Crippen molar-refractivity contribution in [2.24, 2.45) is 16.7 Å². The van der Waals surface area contributed by atoms with Crippen LogP contribution in [0.25, 0.3) is 0 Å². The Labute approximate surface area is 447 Å². The molecule has 11 atom stereocenters. The largest absolute Gasteiger partial charge is 0.508 e. The zero-order valence-corrected chi connectivity index (χ0v) is 44.6. The van der Waals surface area contributed by atoms with Gasteiger partial charge in [0.2, 0.25) is 0 Å². The second-order valence-electron chi connectivity index (χ2n) is 19.8. The molecular formula is C56H62O18S2. The van der Waals surface area contributed by atoms with Crippen molar-refractivity contribution < 1.29 is 86.5 Å². The second-order valence-corrected chi connectivity index (χ2v) is 22.5. The van der Waals surface area contributed by atoms with E-state index in [1.165, 1.54) is 47.6 Å². The highest BCUT2D eigenvalue weighted by Gasteiger charge is 2.79. The number of hydrogen-bond donors (Lipinski definition) is 2. The van der Waals surface area contributed by atoms with Gasteiger partial charge in [0.05, 0.1) is 23.5 Å². The van der Waals surface area contributed by atoms with E-state index in [2.05, 4.69) is 6.58 Å². The molecule has 18 nitrogen and oxygen atoms in total. The number of carbonyl (C=O) groups excluding carboxylic acids is 8. The van der Waals surface area contributed by atoms with Crippen molar-refractivity contribution in [3.63, 3.8) is 0 Å². The van der Waals surface area contributed by atoms with Crippen molar-refractivity contribution in [1.29, 1.82) is 0 Å². The van der Waals surface area contributed by atoms with Crippen LogP contribution in [0.1, 0.15) is 93.0 Å². The lowest BCUT2D eigenvalue weighted by atomic mass is 9.44. The molecule has 1 aliphatic heterocycles. The van der Waals surface area contributed by atoms with E-state index in [4.69, 9.17) is 37.9 Å². The lowest BCUT2D eigenvalue weighted by Crippen LogP contribution is -2.82. The summed E-state index contributed by atoms with van der Waals surface area (Å²) in [5.41, 5.74) is -7.48. The summed E-state index contributed by atoms with van der Waals surface area (Å²) >= 11 is 0. The maximum absolute atomic E-state index is 16.2. The Morgan fingerprint density at radius 1 is 0.803 bits per heavy atom. The van der Waals surface area contributed by atoms with Gasteiger partial charge in [-0.3, -0.25) is 19.2 Å². The molecule has 2 unspecified atom stereocenters. The predicted octanol–water partition coefficient (Wildman–Crippen LogP) is 6.89. The Morgan fingerprint density at radius 2 is 1.39 bits per heavy atom. The van der Waals surface area contributed by atoms with Crippen LogP contribution < -0.4 is 0 Å². The third kappa shape index (κ3) is 11.5. The van der Waals surface area contributed by atoms with Gasteiger partial charge < -0.3 is 48.1 Å². The molecule has 0 spiro atoms. The SMILES string of the molecule is C=CC(=O)OCCSSCCOC(=O)O[C@H]1C[C@H]2OC[C@@]2(OC(C)=O)C2C(OC(=O)c3ccccc3)[C@]3(O)C[C@H](OC(=O)[C@H](O)[C@@H](CC(=O)c4ccccc4)c4ccccc4)C(C)=C([C@@H](OC(C)=O)C(=O)[C@@]21C)C3(C)C. The van der Waals surface area contributed by atoms with Crippen LogP contribution in [-0.4, -0.2) is 137 Å². The van der Waals surface area contributed by atoms with Crippen LogP contribution in [0.3, 0.4) is 0 Å². The molecule has 0 aromatic heterocycles. The normalized spacial score (nSPS) is 27.9. The van der Waals surface area contributed by atoms with E-state index >= 15 is 4.79 Å². The molecule has 1 saturated heterocycles. The first-order valence-electron chi connectivity index (χ1n) is 24.7. The maximum Gasteiger partial charge on any atom is 0.508 e. The molecule has 3 aliphatic carbocycles. The smallest absolute Gasteiger partial charge is 0.462 e. The number of benzene rings is 3. The molecule has 2 bridgehead atoms. The quantitative estimate of drug-likeness (QED) is 0.0222. The number of esters is 5. The van der Waals surface area contributed by atoms with Gasteiger partial charge in [0.25, 0.3) is 0 Å². The third-order valence-electron chi connectivity index (χ3n) is 15.0. The highest BCUT2D eigenvalue weighted by Crippen LogP contribution is 2.65. The standard InChI is InChI=1S/C56H62O18S2/c1-8-43(60)67-24-26-75-76-27-25-68-52(65)72-41-29-42-55(31-69-42,74-34(4)58)47-49(73-50(63)37-22-16-11-17-23-37)56(66)30-40(32(2)44(53(56,5)6)46(70-33(3)57)48(62)54(41,47)7)71-51(64)45(61)38(35-18-12-9-13-19-35)28-39(59)36-20-14-10-15-21-36/h8-23,38,40-42,45-47,49,61,66H,1,24-31H2,2-7H3/t38-,40-,41-,42+,45+,46+,47?,49?,54+,55-,56+/m0/s1. The molecule has 20 heteroatoms. The number of aliphatic hydroxyl groups excluding tert-OH is 1. The highest BCUT2D eigenvalue weighted by atomic mass is 33.1. The summed E-state index contributed by atoms with van der Waals surface area (Å²) in [5, 5.41) is 26.1. The van der Waals surface area contributed by atoms with Gasteiger partial charge in [-0.15, -0.1) is 0 Å². The fourth-order valence-electron chi connectivity index (χ4n) is 11.3. The van der Waals surface area contributed by atoms with E-state index in [0.717, 1.165) is 19.9 Å². The number of Topliss-reactive ketones (excluding diaryl/α,β-unsaturated/α-hetero) is 2. The lowest BCUT2D eigenvalue weighted by molar-refractivity contribution is -0.346. The molecule has 0 radical (unpaired) electrons. The fraction of sp³-hybridized carbons (Fsp3) is 0.464. The Hall–Kier alpha value is -6.32. The summed E-state index contributed by atoms with van der Waals surface area (Å²) in [4.78, 5) is 111. The summed E-state index contributed by atoms with van der Waals surface area (Å²) in [7, 11) is 2.67. The molecule has 3 aromatic rings. The van der Waals surface area contributed by atoms with E-state index in [-0.39, 0.29) is 54.3 Å². The maximum atomic E-state index is 16.2. The van der Waals surface area contributed by atoms with Crippen molar-refractivity contribution in [1.82, 2.24) is 0 Å². The van der Waals surface area contributed by atoms with E-state index in [1.807, 2.05) is 0 Å². The summed E-state index contributed by atoms with van der Waals surface area (Å²) < 4.78 is 47.6. The number of fused-ring (bicyclic) bond motifs is 5. The van der Waals surface area contributed by atoms with Gasteiger partial charge in [-0.25, -0.2) is 19.2 Å². The average Bonchev–Trinajstić information content (AvgIpc) is 3.59. The zero-order chi connectivity index (χ0) is 55.2. The van der Waals surface area contributed by atoms with Crippen molar-refractivity contribution in [3.8, 4) is 0 Å². The van der Waals surface area contributed by atoms with Crippen LogP contribution >= 0.6 is 21.6 Å². The fourth-order valence-corrected chi connectivity index (χ4v) is 12.9. The van der Waals surface area contributed by atoms with Gasteiger partial charge in [0.1, 0.15) is 43.2 Å². The van der Waals surface area contributed by atoms with Crippen molar-refractivity contribution in [2.75, 3.05) is 31.3 Å². The topological polar surface area (TPSA) is 251 Å². The number of ketones is 2. The van der Waals surface area contributed by atoms with Crippen LogP contribution in [0.4, 0.5) is 4.79 Å². The number of hydrogen-bond acceptors (Lipinski definition) is 20. The molecule has 2 saturated carbocycles. The van der Waals surface area contributed by atoms with Gasteiger partial charge >= 0.3 is 36.0 Å². The molecular weight excluding hydrogens is 1020 g/mol. The van der Waals surface area contributed by atoms with Crippen molar-refractivity contribution in [2.45, 2.75) is 115 Å². The minimum atomic E-state index is -2.50. The van der Waals surface area contributed by atoms with Crippen LogP contribution in [0.2, 0.25) is 0 Å². The van der Waals surface area contributed by atoms with E-state index < -0.39 is 125 Å². The number of carbonyl (C=O) groups is 8. The van der Waals surface area contributed by atoms with Gasteiger partial charge in [-0.2, -0.15) is 0 Å². The number of aliphatic hydroxyl groups is 2. The Bertz CT molecular complexity index is 2710. The van der Waals surface area contributed by atoms with Crippen molar-refractivity contribution >= 4 is 69.2 Å². The Kier molecular flexibility index (Phi) is 18.1. The monoisotopic (exact) mass is 1090 g/mol. The first-order valence-corrected chi connectivity index (χ1v) is 27.2. The lowest BCUT2D eigenvalue weighted by Gasteiger charge is -2.67. The summed E-state index contributed by atoms with van der Waals surface area (Å²) in [6, 6.07) is 24.5. The molecule has 406 valence electrons. The van der Waals surface area contributed by atoms with Crippen LogP contribution in [0.5, 0.6) is 0 Å². The molecule has 0 amide bonds. The average molecular weight is 1090 g/mol. The van der Waals surface area contributed by atoms with Gasteiger partial charge in [-0.1, -0.05) is 121 Å². The molecule has 3 fully saturated rings. The van der Waals surface area contributed by atoms with Gasteiger partial charge in [0.15, 0.2) is 29.4 Å². The predicted molar refractivity (Wildman–Crippen MR) is 275 cm³/mol. The summed E-state index contributed by atoms with van der Waals surface area (Å²) in [6.07, 6.45) is -11.5. The van der Waals surface area contributed by atoms with E-state index in [1.54, 1.807) is 92.7 Å². The second kappa shape index (κ2) is 23.9. The van der Waals surface area contributed by atoms with E-state index in [9.17, 15) is 43.8 Å². The Balaban J connectivity index is 1.33. The van der Waals surface area contributed by atoms with Crippen LogP contribution in [0.15, 0.2) is 115 Å². The third-order valence-corrected chi connectivity index (χ3v) is 17.4. The molecule has 7 rings (SSSR count). The van der Waals surface area contributed by atoms with Gasteiger partial charge in [0, 0.05) is 67.6 Å². The molecule has 4 aliphatic rings. The van der Waals surface area contributed by atoms with Crippen LogP contribution in [-0.2, 0) is 61.9 Å². The number of rotatable bonds is 20. The van der Waals surface area contributed by atoms with Crippen molar-refractivity contribution in [3.05, 3.63) is 131 Å².